The minimum Gasteiger partial charge on any atom is -0.394 e. The van der Waals surface area contributed by atoms with Gasteiger partial charge in [0.05, 0.1) is 18.3 Å². The number of rotatable bonds is 7. The monoisotopic (exact) mass is 600 g/mol. The van der Waals surface area contributed by atoms with Crippen LogP contribution in [0, 0.1) is 5.92 Å². The molecule has 2 aliphatic rings. The summed E-state index contributed by atoms with van der Waals surface area (Å²) in [6, 6.07) is 6.34. The van der Waals surface area contributed by atoms with Crippen molar-refractivity contribution in [1.82, 2.24) is 30.4 Å². The van der Waals surface area contributed by atoms with Crippen molar-refractivity contribution in [1.29, 1.82) is 0 Å². The number of carbonyl (C=O) groups is 3. The Morgan fingerprint density at radius 1 is 1.17 bits per heavy atom. The van der Waals surface area contributed by atoms with Gasteiger partial charge in [0.2, 0.25) is 5.91 Å². The van der Waals surface area contributed by atoms with E-state index >= 15 is 0 Å². The van der Waals surface area contributed by atoms with Gasteiger partial charge in [-0.05, 0) is 57.4 Å². The van der Waals surface area contributed by atoms with E-state index in [2.05, 4.69) is 25.5 Å². The summed E-state index contributed by atoms with van der Waals surface area (Å²) < 4.78 is 0. The number of aromatic amines is 1. The third-order valence-corrected chi connectivity index (χ3v) is 9.59. The molecule has 1 aromatic carbocycles. The molecule has 4 N–H and O–H groups in total. The SMILES string of the molecule is CN(C)C(=O)[C@H]1CC[C@H](NC(=O)c2cc3cc(Cl)ccc3[nH]2)[C@H](NC(=O)c2nc3c(s2)CN(C(C)(C)CO)CC3)C1. The van der Waals surface area contributed by atoms with Gasteiger partial charge in [-0.25, -0.2) is 4.98 Å². The highest BCUT2D eigenvalue weighted by Gasteiger charge is 2.38. The van der Waals surface area contributed by atoms with E-state index in [1.807, 2.05) is 19.9 Å². The normalized spacial score (nSPS) is 21.4. The molecule has 2 aromatic heterocycles. The maximum Gasteiger partial charge on any atom is 0.280 e. The number of amides is 3. The van der Waals surface area contributed by atoms with Crippen LogP contribution in [0.2, 0.25) is 5.02 Å². The van der Waals surface area contributed by atoms with Crippen LogP contribution in [0.5, 0.6) is 0 Å². The summed E-state index contributed by atoms with van der Waals surface area (Å²) in [7, 11) is 3.46. The number of aliphatic hydroxyl groups is 1. The fourth-order valence-electron chi connectivity index (χ4n) is 5.70. The molecule has 0 radical (unpaired) electrons. The molecule has 3 atom stereocenters. The number of nitrogens with zero attached hydrogens (tertiary/aromatic N) is 3. The number of H-pyrrole nitrogens is 1. The molecule has 0 spiro atoms. The number of aromatic nitrogens is 2. The van der Waals surface area contributed by atoms with Gasteiger partial charge < -0.3 is 25.6 Å². The Morgan fingerprint density at radius 3 is 2.66 bits per heavy atom. The van der Waals surface area contributed by atoms with Gasteiger partial charge in [0.25, 0.3) is 11.8 Å². The Bertz CT molecular complexity index is 1470. The molecular weight excluding hydrogens is 564 g/mol. The van der Waals surface area contributed by atoms with Gasteiger partial charge in [0.15, 0.2) is 5.01 Å². The number of halogens is 1. The van der Waals surface area contributed by atoms with Gasteiger partial charge in [-0.2, -0.15) is 0 Å². The predicted octanol–water partition coefficient (Wildman–Crippen LogP) is 3.19. The molecule has 220 valence electrons. The standard InChI is InChI=1S/C29H37ClN6O4S/c1-29(2,15-37)36-10-9-21-24(14-36)41-27(34-21)26(39)33-22-12-16(28(40)35(3)4)5-7-20(22)32-25(38)23-13-17-11-18(30)6-8-19(17)31-23/h6,8,11,13,16,20,22,31,37H,5,7,9-10,12,14-15H2,1-4H3,(H,32,38)(H,33,39)/t16-,20-,22+/m0/s1. The predicted molar refractivity (Wildman–Crippen MR) is 159 cm³/mol. The molecule has 41 heavy (non-hydrogen) atoms. The second-order valence-corrected chi connectivity index (χ2v) is 13.4. The molecule has 3 amide bonds. The molecule has 3 heterocycles. The number of carbonyl (C=O) groups excluding carboxylic acids is 3. The van der Waals surface area contributed by atoms with Crippen LogP contribution in [0.3, 0.4) is 0 Å². The topological polar surface area (TPSA) is 131 Å². The van der Waals surface area contributed by atoms with Crippen LogP contribution < -0.4 is 10.6 Å². The van der Waals surface area contributed by atoms with Crippen LogP contribution in [0.25, 0.3) is 10.9 Å². The molecule has 0 bridgehead atoms. The smallest absolute Gasteiger partial charge is 0.280 e. The van der Waals surface area contributed by atoms with Crippen molar-refractivity contribution < 1.29 is 19.5 Å². The van der Waals surface area contributed by atoms with Crippen molar-refractivity contribution in [3.8, 4) is 0 Å². The van der Waals surface area contributed by atoms with E-state index in [0.29, 0.717) is 48.0 Å². The second-order valence-electron chi connectivity index (χ2n) is 11.8. The molecular formula is C29H37ClN6O4S. The number of fused-ring (bicyclic) bond motifs is 2. The number of benzene rings is 1. The van der Waals surface area contributed by atoms with Gasteiger partial charge in [-0.1, -0.05) is 11.6 Å². The zero-order valence-corrected chi connectivity index (χ0v) is 25.4. The second kappa shape index (κ2) is 11.7. The molecule has 0 saturated heterocycles. The average molecular weight is 601 g/mol. The lowest BCUT2D eigenvalue weighted by Crippen LogP contribution is -2.56. The highest BCUT2D eigenvalue weighted by molar-refractivity contribution is 7.13. The van der Waals surface area contributed by atoms with E-state index in [1.165, 1.54) is 11.3 Å². The number of hydrogen-bond acceptors (Lipinski definition) is 7. The zero-order chi connectivity index (χ0) is 29.5. The number of hydrogen-bond donors (Lipinski definition) is 4. The van der Waals surface area contributed by atoms with Gasteiger partial charge in [0.1, 0.15) is 5.69 Å². The summed E-state index contributed by atoms with van der Waals surface area (Å²) in [5, 5.41) is 17.8. The summed E-state index contributed by atoms with van der Waals surface area (Å²) in [5.74, 6) is -0.828. The zero-order valence-electron chi connectivity index (χ0n) is 23.8. The van der Waals surface area contributed by atoms with Crippen molar-refractivity contribution in [2.24, 2.45) is 5.92 Å². The first-order valence-electron chi connectivity index (χ1n) is 13.9. The van der Waals surface area contributed by atoms with Crippen LogP contribution in [-0.2, 0) is 17.8 Å². The summed E-state index contributed by atoms with van der Waals surface area (Å²) in [4.78, 5) is 52.2. The number of aliphatic hydroxyl groups excluding tert-OH is 1. The van der Waals surface area contributed by atoms with E-state index in [9.17, 15) is 19.5 Å². The fraction of sp³-hybridized carbons (Fsp3) is 0.517. The fourth-order valence-corrected chi connectivity index (χ4v) is 6.91. The largest absolute Gasteiger partial charge is 0.394 e. The van der Waals surface area contributed by atoms with Crippen molar-refractivity contribution >= 4 is 51.6 Å². The summed E-state index contributed by atoms with van der Waals surface area (Å²) in [6.45, 7) is 5.44. The van der Waals surface area contributed by atoms with Crippen molar-refractivity contribution in [2.75, 3.05) is 27.2 Å². The molecule has 12 heteroatoms. The van der Waals surface area contributed by atoms with Crippen LogP contribution in [-0.4, -0.2) is 87.5 Å². The third-order valence-electron chi connectivity index (χ3n) is 8.27. The molecule has 1 aliphatic heterocycles. The summed E-state index contributed by atoms with van der Waals surface area (Å²) >= 11 is 7.47. The Labute approximate surface area is 248 Å². The van der Waals surface area contributed by atoms with Gasteiger partial charge in [-0.3, -0.25) is 19.3 Å². The summed E-state index contributed by atoms with van der Waals surface area (Å²) in [5.41, 5.74) is 1.77. The average Bonchev–Trinajstić information content (AvgIpc) is 3.57. The maximum absolute atomic E-state index is 13.5. The van der Waals surface area contributed by atoms with Gasteiger partial charge in [-0.15, -0.1) is 11.3 Å². The van der Waals surface area contributed by atoms with Crippen LogP contribution in [0.15, 0.2) is 24.3 Å². The van der Waals surface area contributed by atoms with Crippen LogP contribution in [0.4, 0.5) is 0 Å². The van der Waals surface area contributed by atoms with E-state index in [4.69, 9.17) is 11.6 Å². The van der Waals surface area contributed by atoms with Gasteiger partial charge in [0, 0.05) is 71.9 Å². The van der Waals surface area contributed by atoms with E-state index in [-0.39, 0.29) is 41.8 Å². The Hall–Kier alpha value is -2.99. The van der Waals surface area contributed by atoms with Crippen molar-refractivity contribution in [3.05, 3.63) is 50.6 Å². The molecule has 1 saturated carbocycles. The van der Waals surface area contributed by atoms with Gasteiger partial charge >= 0.3 is 0 Å². The Balaban J connectivity index is 1.32. The minimum atomic E-state index is -0.446. The molecule has 0 unspecified atom stereocenters. The lowest BCUT2D eigenvalue weighted by atomic mass is 9.81. The van der Waals surface area contributed by atoms with E-state index in [0.717, 1.165) is 28.0 Å². The molecule has 3 aromatic rings. The number of nitrogens with one attached hydrogen (secondary N) is 3. The molecule has 1 fully saturated rings. The van der Waals surface area contributed by atoms with Crippen molar-refractivity contribution in [3.63, 3.8) is 0 Å². The highest BCUT2D eigenvalue weighted by atomic mass is 35.5. The third kappa shape index (κ3) is 6.28. The van der Waals surface area contributed by atoms with Crippen LogP contribution in [0.1, 0.15) is 64.0 Å². The number of thiazole rings is 1. The molecule has 1 aliphatic carbocycles. The highest BCUT2D eigenvalue weighted by Crippen LogP contribution is 2.31. The maximum atomic E-state index is 13.5. The first-order valence-corrected chi connectivity index (χ1v) is 15.1. The molecule has 5 rings (SSSR count). The van der Waals surface area contributed by atoms with E-state index < -0.39 is 6.04 Å². The first kappa shape index (κ1) is 29.5. The molecule has 10 nitrogen and oxygen atoms in total. The minimum absolute atomic E-state index is 0.0119. The van der Waals surface area contributed by atoms with Crippen molar-refractivity contribution in [2.45, 2.75) is 63.7 Å². The lowest BCUT2D eigenvalue weighted by molar-refractivity contribution is -0.134. The van der Waals surface area contributed by atoms with E-state index in [1.54, 1.807) is 37.2 Å². The van der Waals surface area contributed by atoms with Crippen LogP contribution >= 0.6 is 22.9 Å². The quantitative estimate of drug-likeness (QED) is 0.329. The Kier molecular flexibility index (Phi) is 8.43. The Morgan fingerprint density at radius 2 is 1.93 bits per heavy atom. The summed E-state index contributed by atoms with van der Waals surface area (Å²) in [6.07, 6.45) is 2.28. The lowest BCUT2D eigenvalue weighted by Gasteiger charge is -2.39. The first-order chi connectivity index (χ1) is 19.4.